The zero-order valence-electron chi connectivity index (χ0n) is 14.7. The minimum atomic E-state index is -0.707. The number of hydrogen-bond donors (Lipinski definition) is 2. The number of rotatable bonds is 4. The van der Waals surface area contributed by atoms with E-state index in [2.05, 4.69) is 15.7 Å². The van der Waals surface area contributed by atoms with Crippen molar-refractivity contribution in [2.75, 3.05) is 17.7 Å². The Labute approximate surface area is 156 Å². The van der Waals surface area contributed by atoms with Crippen molar-refractivity contribution >= 4 is 23.3 Å². The molecule has 0 saturated heterocycles. The first-order valence-electron chi connectivity index (χ1n) is 8.54. The molecule has 4 rings (SSSR count). The molecule has 1 aliphatic rings. The lowest BCUT2D eigenvalue weighted by molar-refractivity contribution is -0.125. The molecule has 0 bridgehead atoms. The molecule has 0 spiro atoms. The van der Waals surface area contributed by atoms with Crippen molar-refractivity contribution in [2.45, 2.75) is 12.5 Å². The van der Waals surface area contributed by atoms with Gasteiger partial charge < -0.3 is 15.4 Å². The van der Waals surface area contributed by atoms with Crippen molar-refractivity contribution < 1.29 is 14.3 Å². The fourth-order valence-corrected chi connectivity index (χ4v) is 3.03. The highest BCUT2D eigenvalue weighted by Crippen LogP contribution is 2.30. The molecule has 1 aliphatic heterocycles. The summed E-state index contributed by atoms with van der Waals surface area (Å²) in [6, 6.07) is 17.6. The van der Waals surface area contributed by atoms with Crippen LogP contribution in [0.15, 0.2) is 60.7 Å². The lowest BCUT2D eigenvalue weighted by atomic mass is 10.1. The fourth-order valence-electron chi connectivity index (χ4n) is 3.03. The largest absolute Gasteiger partial charge is 0.497 e. The Kier molecular flexibility index (Phi) is 4.33. The maximum absolute atomic E-state index is 12.7. The van der Waals surface area contributed by atoms with Crippen LogP contribution in [0, 0.1) is 0 Å². The van der Waals surface area contributed by atoms with Crippen molar-refractivity contribution in [1.82, 2.24) is 9.78 Å². The number of hydrogen-bond acceptors (Lipinski definition) is 4. The molecule has 27 heavy (non-hydrogen) atoms. The Balaban J connectivity index is 1.63. The predicted molar refractivity (Wildman–Crippen MR) is 102 cm³/mol. The summed E-state index contributed by atoms with van der Waals surface area (Å²) in [7, 11) is 1.61. The van der Waals surface area contributed by atoms with Crippen LogP contribution in [0.1, 0.15) is 12.5 Å². The third kappa shape index (κ3) is 3.39. The maximum atomic E-state index is 12.7. The number of carbonyl (C=O) groups excluding carboxylic acids is 2. The number of ether oxygens (including phenoxy) is 1. The van der Waals surface area contributed by atoms with Crippen LogP contribution >= 0.6 is 0 Å². The monoisotopic (exact) mass is 362 g/mol. The van der Waals surface area contributed by atoms with E-state index >= 15 is 0 Å². The number of amides is 2. The van der Waals surface area contributed by atoms with Gasteiger partial charge in [-0.15, -0.1) is 0 Å². The molecule has 0 radical (unpaired) electrons. The first-order valence-corrected chi connectivity index (χ1v) is 8.54. The second-order valence-corrected chi connectivity index (χ2v) is 6.21. The summed E-state index contributed by atoms with van der Waals surface area (Å²) in [6.07, 6.45) is 0.0371. The van der Waals surface area contributed by atoms with Gasteiger partial charge in [0.05, 0.1) is 19.2 Å². The Morgan fingerprint density at radius 1 is 1.19 bits per heavy atom. The Morgan fingerprint density at radius 3 is 2.63 bits per heavy atom. The van der Waals surface area contributed by atoms with Crippen LogP contribution in [0.3, 0.4) is 0 Å². The molecule has 2 aromatic carbocycles. The van der Waals surface area contributed by atoms with Crippen LogP contribution in [-0.4, -0.2) is 28.7 Å². The van der Waals surface area contributed by atoms with E-state index in [1.54, 1.807) is 30.0 Å². The summed E-state index contributed by atoms with van der Waals surface area (Å²) >= 11 is 0. The number of nitrogens with one attached hydrogen (secondary N) is 2. The highest BCUT2D eigenvalue weighted by Gasteiger charge is 2.32. The van der Waals surface area contributed by atoms with Crippen molar-refractivity contribution in [3.63, 3.8) is 0 Å². The molecule has 0 aliphatic carbocycles. The average Bonchev–Trinajstić information content (AvgIpc) is 3.12. The first-order chi connectivity index (χ1) is 13.1. The third-order valence-electron chi connectivity index (χ3n) is 4.41. The molecule has 136 valence electrons. The van der Waals surface area contributed by atoms with Crippen LogP contribution in [0.2, 0.25) is 0 Å². The molecular weight excluding hydrogens is 344 g/mol. The summed E-state index contributed by atoms with van der Waals surface area (Å²) < 4.78 is 6.74. The number of para-hydroxylation sites is 1. The molecule has 2 N–H and O–H groups in total. The van der Waals surface area contributed by atoms with E-state index < -0.39 is 6.04 Å². The molecule has 0 saturated carbocycles. The summed E-state index contributed by atoms with van der Waals surface area (Å²) in [5, 5.41) is 10.2. The molecule has 2 heterocycles. The number of nitrogens with zero attached hydrogens (tertiary/aromatic N) is 2. The van der Waals surface area contributed by atoms with E-state index in [4.69, 9.17) is 4.74 Å². The van der Waals surface area contributed by atoms with Gasteiger partial charge in [0.15, 0.2) is 0 Å². The van der Waals surface area contributed by atoms with Crippen LogP contribution in [-0.2, 0) is 9.59 Å². The van der Waals surface area contributed by atoms with Crippen LogP contribution < -0.4 is 15.4 Å². The van der Waals surface area contributed by atoms with Gasteiger partial charge in [-0.2, -0.15) is 5.10 Å². The molecule has 3 aromatic rings. The zero-order chi connectivity index (χ0) is 18.8. The molecule has 7 nitrogen and oxygen atoms in total. The van der Waals surface area contributed by atoms with E-state index in [-0.39, 0.29) is 18.2 Å². The van der Waals surface area contributed by atoms with Crippen LogP contribution in [0.5, 0.6) is 5.75 Å². The fraction of sp³-hybridized carbons (Fsp3) is 0.150. The van der Waals surface area contributed by atoms with Crippen LogP contribution in [0.4, 0.5) is 11.5 Å². The van der Waals surface area contributed by atoms with Crippen molar-refractivity contribution in [1.29, 1.82) is 0 Å². The van der Waals surface area contributed by atoms with E-state index in [0.717, 1.165) is 11.3 Å². The first kappa shape index (κ1) is 16.8. The molecular formula is C20H18N4O3. The quantitative estimate of drug-likeness (QED) is 0.747. The Morgan fingerprint density at radius 2 is 1.93 bits per heavy atom. The highest BCUT2D eigenvalue weighted by molar-refractivity contribution is 6.01. The Bertz CT molecular complexity index is 980. The SMILES string of the molecule is COc1ccc(-c2cc3n(n2)[C@H](C(=O)Nc2ccccc2)CC(=O)N3)cc1. The number of anilines is 2. The van der Waals surface area contributed by atoms with Crippen molar-refractivity contribution in [3.05, 3.63) is 60.7 Å². The second kappa shape index (κ2) is 6.95. The van der Waals surface area contributed by atoms with Gasteiger partial charge in [-0.3, -0.25) is 9.59 Å². The van der Waals surface area contributed by atoms with Crippen molar-refractivity contribution in [2.24, 2.45) is 0 Å². The normalized spacial score (nSPS) is 15.6. The Hall–Kier alpha value is -3.61. The summed E-state index contributed by atoms with van der Waals surface area (Å²) in [4.78, 5) is 24.8. The van der Waals surface area contributed by atoms with Gasteiger partial charge in [0.25, 0.3) is 0 Å². The molecule has 7 heteroatoms. The molecule has 1 aromatic heterocycles. The van der Waals surface area contributed by atoms with Gasteiger partial charge in [-0.05, 0) is 36.4 Å². The van der Waals surface area contributed by atoms with Gasteiger partial charge in [0, 0.05) is 17.3 Å². The second-order valence-electron chi connectivity index (χ2n) is 6.21. The van der Waals surface area contributed by atoms with E-state index in [1.807, 2.05) is 42.5 Å². The lowest BCUT2D eigenvalue weighted by Gasteiger charge is -2.23. The van der Waals surface area contributed by atoms with Gasteiger partial charge in [-0.1, -0.05) is 18.2 Å². The highest BCUT2D eigenvalue weighted by atomic mass is 16.5. The van der Waals surface area contributed by atoms with E-state index in [1.165, 1.54) is 0 Å². The van der Waals surface area contributed by atoms with Gasteiger partial charge >= 0.3 is 0 Å². The standard InChI is InChI=1S/C20H18N4O3/c1-27-15-9-7-13(8-10-15)16-11-18-22-19(25)12-17(24(18)23-16)20(26)21-14-5-3-2-4-6-14/h2-11,17H,12H2,1H3,(H,21,26)(H,22,25)/t17-/m0/s1. The number of methoxy groups -OCH3 is 1. The minimum absolute atomic E-state index is 0.0371. The predicted octanol–water partition coefficient (Wildman–Crippen LogP) is 3.08. The number of benzene rings is 2. The smallest absolute Gasteiger partial charge is 0.249 e. The van der Waals surface area contributed by atoms with Gasteiger partial charge in [0.1, 0.15) is 17.6 Å². The molecule has 0 unspecified atom stereocenters. The number of aromatic nitrogens is 2. The van der Waals surface area contributed by atoms with Crippen molar-refractivity contribution in [3.8, 4) is 17.0 Å². The maximum Gasteiger partial charge on any atom is 0.249 e. The zero-order valence-corrected chi connectivity index (χ0v) is 14.7. The average molecular weight is 362 g/mol. The number of fused-ring (bicyclic) bond motifs is 1. The number of carbonyl (C=O) groups is 2. The topological polar surface area (TPSA) is 85.2 Å². The minimum Gasteiger partial charge on any atom is -0.497 e. The van der Waals surface area contributed by atoms with Gasteiger partial charge in [-0.25, -0.2) is 4.68 Å². The van der Waals surface area contributed by atoms with Crippen LogP contribution in [0.25, 0.3) is 11.3 Å². The summed E-state index contributed by atoms with van der Waals surface area (Å²) in [5.41, 5.74) is 2.22. The third-order valence-corrected chi connectivity index (χ3v) is 4.41. The summed E-state index contributed by atoms with van der Waals surface area (Å²) in [5.74, 6) is 0.764. The van der Waals surface area contributed by atoms with E-state index in [0.29, 0.717) is 17.2 Å². The van der Waals surface area contributed by atoms with Gasteiger partial charge in [0.2, 0.25) is 11.8 Å². The molecule has 2 amide bonds. The van der Waals surface area contributed by atoms with E-state index in [9.17, 15) is 9.59 Å². The summed E-state index contributed by atoms with van der Waals surface area (Å²) in [6.45, 7) is 0. The molecule has 1 atom stereocenters. The molecule has 0 fully saturated rings. The lowest BCUT2D eigenvalue weighted by Crippen LogP contribution is -2.35.